The highest BCUT2D eigenvalue weighted by atomic mass is 32.1. The summed E-state index contributed by atoms with van der Waals surface area (Å²) in [5.41, 5.74) is 1.33. The number of carbonyl (C=O) groups excluding carboxylic acids is 1. The molecule has 0 aliphatic carbocycles. The number of hydrogen-bond acceptors (Lipinski definition) is 3. The van der Waals surface area contributed by atoms with Gasteiger partial charge >= 0.3 is 0 Å². The first-order chi connectivity index (χ1) is 9.34. The molecule has 1 aromatic heterocycles. The number of carbonyl (C=O) groups is 1. The molecule has 2 aliphatic rings. The summed E-state index contributed by atoms with van der Waals surface area (Å²) < 4.78 is 0. The zero-order valence-corrected chi connectivity index (χ0v) is 12.1. The van der Waals surface area contributed by atoms with E-state index in [4.69, 9.17) is 0 Å². The summed E-state index contributed by atoms with van der Waals surface area (Å²) in [6.07, 6.45) is 5.30. The molecule has 3 heterocycles. The van der Waals surface area contributed by atoms with Crippen molar-refractivity contribution in [3.63, 3.8) is 0 Å². The molecule has 2 fully saturated rings. The van der Waals surface area contributed by atoms with Gasteiger partial charge in [0.25, 0.3) is 0 Å². The van der Waals surface area contributed by atoms with Gasteiger partial charge in [-0.1, -0.05) is 0 Å². The summed E-state index contributed by atoms with van der Waals surface area (Å²) in [7, 11) is 0. The van der Waals surface area contributed by atoms with Crippen molar-refractivity contribution in [3.05, 3.63) is 22.4 Å². The minimum absolute atomic E-state index is 0.348. The molecule has 1 aromatic rings. The van der Waals surface area contributed by atoms with Gasteiger partial charge in [-0.2, -0.15) is 11.3 Å². The number of nitrogens with one attached hydrogen (secondary N) is 1. The van der Waals surface area contributed by atoms with Crippen LogP contribution >= 0.6 is 11.3 Å². The molecule has 0 spiro atoms. The maximum absolute atomic E-state index is 12.4. The monoisotopic (exact) mass is 278 g/mol. The van der Waals surface area contributed by atoms with E-state index in [2.05, 4.69) is 27.0 Å². The fourth-order valence-corrected chi connectivity index (χ4v) is 4.02. The van der Waals surface area contributed by atoms with E-state index in [9.17, 15) is 4.79 Å². The van der Waals surface area contributed by atoms with Crippen LogP contribution in [0.5, 0.6) is 0 Å². The third kappa shape index (κ3) is 3.00. The van der Waals surface area contributed by atoms with Gasteiger partial charge in [-0.05, 0) is 67.1 Å². The average Bonchev–Trinajstić information content (AvgIpc) is 3.14. The summed E-state index contributed by atoms with van der Waals surface area (Å²) in [5.74, 6) is 1.08. The molecule has 104 valence electrons. The first kappa shape index (κ1) is 13.1. The number of nitrogens with zero attached hydrogens (tertiary/aromatic N) is 1. The van der Waals surface area contributed by atoms with E-state index >= 15 is 0 Å². The van der Waals surface area contributed by atoms with Crippen LogP contribution in [0, 0.1) is 5.92 Å². The molecule has 2 aliphatic heterocycles. The largest absolute Gasteiger partial charge is 0.336 e. The maximum Gasteiger partial charge on any atom is 0.223 e. The van der Waals surface area contributed by atoms with Crippen molar-refractivity contribution in [1.29, 1.82) is 0 Å². The lowest BCUT2D eigenvalue weighted by atomic mass is 10.0. The highest BCUT2D eigenvalue weighted by Crippen LogP contribution is 2.33. The van der Waals surface area contributed by atoms with Crippen molar-refractivity contribution in [2.75, 3.05) is 19.6 Å². The molecule has 0 saturated carbocycles. The standard InChI is InChI=1S/C15H22N2OS/c18-15(4-3-12-5-7-16-10-12)17-8-1-2-14(17)13-6-9-19-11-13/h6,9,11-12,14,16H,1-5,7-8,10H2. The van der Waals surface area contributed by atoms with Gasteiger partial charge in [0.1, 0.15) is 0 Å². The SMILES string of the molecule is O=C(CCC1CCNC1)N1CCCC1c1ccsc1. The van der Waals surface area contributed by atoms with Crippen LogP contribution in [0.3, 0.4) is 0 Å². The molecule has 2 saturated heterocycles. The summed E-state index contributed by atoms with van der Waals surface area (Å²) in [6, 6.07) is 2.52. The van der Waals surface area contributed by atoms with Gasteiger partial charge in [-0.15, -0.1) is 0 Å². The quantitative estimate of drug-likeness (QED) is 0.918. The van der Waals surface area contributed by atoms with Gasteiger partial charge in [0.2, 0.25) is 5.91 Å². The minimum Gasteiger partial charge on any atom is -0.336 e. The fourth-order valence-electron chi connectivity index (χ4n) is 3.31. The predicted molar refractivity (Wildman–Crippen MR) is 78.2 cm³/mol. The minimum atomic E-state index is 0.348. The van der Waals surface area contributed by atoms with E-state index in [1.165, 1.54) is 12.0 Å². The van der Waals surface area contributed by atoms with Crippen molar-refractivity contribution < 1.29 is 4.79 Å². The Hall–Kier alpha value is -0.870. The molecule has 2 atom stereocenters. The van der Waals surface area contributed by atoms with Crippen molar-refractivity contribution in [3.8, 4) is 0 Å². The molecule has 3 rings (SSSR count). The highest BCUT2D eigenvalue weighted by molar-refractivity contribution is 7.07. The maximum atomic E-state index is 12.4. The van der Waals surface area contributed by atoms with Gasteiger partial charge in [0.15, 0.2) is 0 Å². The first-order valence-corrected chi connectivity index (χ1v) is 8.31. The molecular weight excluding hydrogens is 256 g/mol. The van der Waals surface area contributed by atoms with Crippen LogP contribution in [0.2, 0.25) is 0 Å². The van der Waals surface area contributed by atoms with Crippen molar-refractivity contribution in [1.82, 2.24) is 10.2 Å². The van der Waals surface area contributed by atoms with Crippen LogP contribution in [-0.4, -0.2) is 30.4 Å². The Bertz CT molecular complexity index is 412. The summed E-state index contributed by atoms with van der Waals surface area (Å²) in [6.45, 7) is 3.17. The second-order valence-electron chi connectivity index (χ2n) is 5.70. The van der Waals surface area contributed by atoms with E-state index < -0.39 is 0 Å². The molecule has 0 aromatic carbocycles. The first-order valence-electron chi connectivity index (χ1n) is 7.37. The Kier molecular flexibility index (Phi) is 4.18. The third-order valence-corrected chi connectivity index (χ3v) is 5.13. The topological polar surface area (TPSA) is 32.3 Å². The van der Waals surface area contributed by atoms with Crippen molar-refractivity contribution in [2.45, 2.75) is 38.1 Å². The smallest absolute Gasteiger partial charge is 0.223 e. The van der Waals surface area contributed by atoms with Crippen molar-refractivity contribution >= 4 is 17.2 Å². The molecule has 1 N–H and O–H groups in total. The molecule has 3 nitrogen and oxygen atoms in total. The zero-order chi connectivity index (χ0) is 13.1. The fraction of sp³-hybridized carbons (Fsp3) is 0.667. The normalized spacial score (nSPS) is 27.1. The second kappa shape index (κ2) is 6.06. The molecule has 19 heavy (non-hydrogen) atoms. The van der Waals surface area contributed by atoms with E-state index in [0.29, 0.717) is 17.9 Å². The summed E-state index contributed by atoms with van der Waals surface area (Å²) in [5, 5.41) is 7.68. The van der Waals surface area contributed by atoms with Gasteiger partial charge in [0, 0.05) is 13.0 Å². The molecule has 0 radical (unpaired) electrons. The predicted octanol–water partition coefficient (Wildman–Crippen LogP) is 2.80. The van der Waals surface area contributed by atoms with Gasteiger partial charge in [-0.3, -0.25) is 4.79 Å². The Morgan fingerprint density at radius 2 is 2.42 bits per heavy atom. The van der Waals surface area contributed by atoms with Crippen LogP contribution in [0.1, 0.15) is 43.7 Å². The number of amides is 1. The van der Waals surface area contributed by atoms with E-state index in [1.54, 1.807) is 11.3 Å². The van der Waals surface area contributed by atoms with E-state index in [0.717, 1.165) is 45.3 Å². The molecule has 1 amide bonds. The average molecular weight is 278 g/mol. The number of thiophene rings is 1. The van der Waals surface area contributed by atoms with Crippen LogP contribution in [0.15, 0.2) is 16.8 Å². The van der Waals surface area contributed by atoms with E-state index in [-0.39, 0.29) is 0 Å². The van der Waals surface area contributed by atoms with Crippen molar-refractivity contribution in [2.24, 2.45) is 5.92 Å². The summed E-state index contributed by atoms with van der Waals surface area (Å²) in [4.78, 5) is 14.5. The van der Waals surface area contributed by atoms with Crippen LogP contribution in [0.4, 0.5) is 0 Å². The Balaban J connectivity index is 1.56. The molecular formula is C15H22N2OS. The van der Waals surface area contributed by atoms with Crippen LogP contribution in [0.25, 0.3) is 0 Å². The third-order valence-electron chi connectivity index (χ3n) is 4.43. The Labute approximate surface area is 119 Å². The number of likely N-dealkylation sites (tertiary alicyclic amines) is 1. The van der Waals surface area contributed by atoms with Crippen LogP contribution < -0.4 is 5.32 Å². The highest BCUT2D eigenvalue weighted by Gasteiger charge is 2.30. The lowest BCUT2D eigenvalue weighted by Gasteiger charge is -2.24. The van der Waals surface area contributed by atoms with Gasteiger partial charge < -0.3 is 10.2 Å². The zero-order valence-electron chi connectivity index (χ0n) is 11.3. The number of rotatable bonds is 4. The molecule has 4 heteroatoms. The molecule has 2 unspecified atom stereocenters. The van der Waals surface area contributed by atoms with Gasteiger partial charge in [-0.25, -0.2) is 0 Å². The number of hydrogen-bond donors (Lipinski definition) is 1. The van der Waals surface area contributed by atoms with Gasteiger partial charge in [0.05, 0.1) is 6.04 Å². The second-order valence-corrected chi connectivity index (χ2v) is 6.48. The lowest BCUT2D eigenvalue weighted by molar-refractivity contribution is -0.132. The molecule has 0 bridgehead atoms. The lowest BCUT2D eigenvalue weighted by Crippen LogP contribution is -2.30. The summed E-state index contributed by atoms with van der Waals surface area (Å²) >= 11 is 1.73. The Morgan fingerprint density at radius 1 is 1.47 bits per heavy atom. The van der Waals surface area contributed by atoms with E-state index in [1.807, 2.05) is 0 Å². The van der Waals surface area contributed by atoms with Crippen LogP contribution in [-0.2, 0) is 4.79 Å². The Morgan fingerprint density at radius 3 is 3.16 bits per heavy atom.